The summed E-state index contributed by atoms with van der Waals surface area (Å²) in [6.07, 6.45) is 6.40. The molecule has 0 radical (unpaired) electrons. The fraction of sp³-hybridized carbons (Fsp3) is 0.310. The number of pyridine rings is 1. The molecule has 5 aromatic rings. The first-order chi connectivity index (χ1) is 18.6. The third-order valence-corrected chi connectivity index (χ3v) is 7.42. The van der Waals surface area contributed by atoms with Gasteiger partial charge in [0, 0.05) is 82.3 Å². The molecular formula is C29H32N8O. The zero-order valence-electron chi connectivity index (χ0n) is 21.9. The van der Waals surface area contributed by atoms with Crippen molar-refractivity contribution >= 4 is 28.8 Å². The quantitative estimate of drug-likeness (QED) is 0.297. The molecule has 0 atom stereocenters. The smallest absolute Gasteiger partial charge is 0.168 e. The molecule has 6 rings (SSSR count). The van der Waals surface area contributed by atoms with Crippen LogP contribution in [-0.2, 0) is 13.1 Å². The van der Waals surface area contributed by atoms with E-state index in [0.717, 1.165) is 73.7 Å². The Hall–Kier alpha value is -4.08. The molecule has 1 saturated heterocycles. The Bertz CT molecular complexity index is 1570. The lowest BCUT2D eigenvalue weighted by molar-refractivity contribution is 0.112. The lowest BCUT2D eigenvalue weighted by Gasteiger charge is -2.32. The largest absolute Gasteiger partial charge is 0.355 e. The molecule has 194 valence electrons. The molecule has 1 aromatic carbocycles. The van der Waals surface area contributed by atoms with Crippen LogP contribution in [0.15, 0.2) is 67.1 Å². The number of piperazine rings is 1. The van der Waals surface area contributed by atoms with Gasteiger partial charge >= 0.3 is 0 Å². The van der Waals surface area contributed by atoms with Crippen LogP contribution in [0.2, 0.25) is 0 Å². The minimum atomic E-state index is 0.471. The van der Waals surface area contributed by atoms with Gasteiger partial charge in [0.15, 0.2) is 11.9 Å². The molecule has 0 spiro atoms. The zero-order chi connectivity index (χ0) is 26.1. The van der Waals surface area contributed by atoms with Crippen LogP contribution in [0, 0.1) is 0 Å². The van der Waals surface area contributed by atoms with Gasteiger partial charge in [-0.05, 0) is 24.7 Å². The second kappa shape index (κ2) is 10.4. The van der Waals surface area contributed by atoms with Crippen LogP contribution in [0.1, 0.15) is 15.9 Å². The molecule has 0 N–H and O–H groups in total. The molecule has 0 saturated carbocycles. The van der Waals surface area contributed by atoms with E-state index in [2.05, 4.69) is 61.9 Å². The van der Waals surface area contributed by atoms with E-state index in [4.69, 9.17) is 9.97 Å². The molecule has 5 heterocycles. The van der Waals surface area contributed by atoms with Crippen LogP contribution in [0.4, 0.5) is 5.82 Å². The lowest BCUT2D eigenvalue weighted by Crippen LogP contribution is -2.45. The fourth-order valence-corrected chi connectivity index (χ4v) is 5.21. The number of carbonyl (C=O) groups is 1. The van der Waals surface area contributed by atoms with E-state index in [-0.39, 0.29) is 0 Å². The molecule has 0 aliphatic carbocycles. The summed E-state index contributed by atoms with van der Waals surface area (Å²) in [5.41, 5.74) is 4.96. The van der Waals surface area contributed by atoms with Crippen LogP contribution in [0.5, 0.6) is 0 Å². The summed E-state index contributed by atoms with van der Waals surface area (Å²) < 4.78 is 3.99. The number of benzene rings is 1. The number of likely N-dealkylation sites (N-methyl/N-ethyl adjacent to an activating group) is 1. The summed E-state index contributed by atoms with van der Waals surface area (Å²) in [5.74, 6) is 0.865. The number of aromatic nitrogens is 5. The van der Waals surface area contributed by atoms with E-state index in [9.17, 15) is 4.79 Å². The van der Waals surface area contributed by atoms with Crippen LogP contribution in [-0.4, -0.2) is 87.1 Å². The Morgan fingerprint density at radius 2 is 1.82 bits per heavy atom. The van der Waals surface area contributed by atoms with Crippen molar-refractivity contribution in [2.75, 3.05) is 51.7 Å². The molecule has 9 heteroatoms. The first kappa shape index (κ1) is 24.3. The predicted octanol–water partition coefficient (Wildman–Crippen LogP) is 3.44. The van der Waals surface area contributed by atoms with Gasteiger partial charge in [-0.25, -0.2) is 9.97 Å². The molecule has 0 unspecified atom stereocenters. The maximum absolute atomic E-state index is 11.8. The molecule has 9 nitrogen and oxygen atoms in total. The topological polar surface area (TPSA) is 74.8 Å². The van der Waals surface area contributed by atoms with Gasteiger partial charge in [-0.2, -0.15) is 9.61 Å². The number of rotatable bonds is 8. The summed E-state index contributed by atoms with van der Waals surface area (Å²) in [6.45, 7) is 6.90. The van der Waals surface area contributed by atoms with Gasteiger partial charge in [0.2, 0.25) is 0 Å². The van der Waals surface area contributed by atoms with E-state index in [1.807, 2.05) is 37.5 Å². The Morgan fingerprint density at radius 3 is 2.61 bits per heavy atom. The van der Waals surface area contributed by atoms with Gasteiger partial charge in [0.1, 0.15) is 11.5 Å². The molecule has 0 amide bonds. The highest BCUT2D eigenvalue weighted by atomic mass is 16.1. The van der Waals surface area contributed by atoms with Crippen molar-refractivity contribution in [3.8, 4) is 11.3 Å². The van der Waals surface area contributed by atoms with Crippen molar-refractivity contribution in [3.63, 3.8) is 0 Å². The van der Waals surface area contributed by atoms with Crippen LogP contribution in [0.3, 0.4) is 0 Å². The number of nitrogens with zero attached hydrogens (tertiary/aromatic N) is 8. The Balaban J connectivity index is 1.40. The highest BCUT2D eigenvalue weighted by Gasteiger charge is 2.20. The van der Waals surface area contributed by atoms with Crippen LogP contribution >= 0.6 is 0 Å². The highest BCUT2D eigenvalue weighted by molar-refractivity contribution is 5.94. The lowest BCUT2D eigenvalue weighted by atomic mass is 10.1. The molecule has 38 heavy (non-hydrogen) atoms. The molecule has 1 aliphatic rings. The normalized spacial score (nSPS) is 14.9. The van der Waals surface area contributed by atoms with Crippen LogP contribution < -0.4 is 4.90 Å². The first-order valence-corrected chi connectivity index (χ1v) is 13.0. The van der Waals surface area contributed by atoms with Crippen molar-refractivity contribution in [1.29, 1.82) is 0 Å². The maximum Gasteiger partial charge on any atom is 0.168 e. The highest BCUT2D eigenvalue weighted by Crippen LogP contribution is 2.32. The number of fused-ring (bicyclic) bond motifs is 2. The average molecular weight is 509 g/mol. The van der Waals surface area contributed by atoms with Crippen molar-refractivity contribution in [2.45, 2.75) is 13.1 Å². The number of hydrogen-bond donors (Lipinski definition) is 0. The molecule has 4 aromatic heterocycles. The van der Waals surface area contributed by atoms with Gasteiger partial charge in [0.25, 0.3) is 0 Å². The van der Waals surface area contributed by atoms with Crippen molar-refractivity contribution in [3.05, 3.63) is 78.2 Å². The molecular weight excluding hydrogens is 476 g/mol. The van der Waals surface area contributed by atoms with E-state index < -0.39 is 0 Å². The molecule has 0 bridgehead atoms. The van der Waals surface area contributed by atoms with Gasteiger partial charge < -0.3 is 14.4 Å². The predicted molar refractivity (Wildman–Crippen MR) is 150 cm³/mol. The van der Waals surface area contributed by atoms with E-state index >= 15 is 0 Å². The van der Waals surface area contributed by atoms with Crippen molar-refractivity contribution in [2.24, 2.45) is 0 Å². The summed E-state index contributed by atoms with van der Waals surface area (Å²) in [4.78, 5) is 28.5. The van der Waals surface area contributed by atoms with Gasteiger partial charge in [-0.1, -0.05) is 30.3 Å². The summed E-state index contributed by atoms with van der Waals surface area (Å²) in [7, 11) is 4.22. The fourth-order valence-electron chi connectivity index (χ4n) is 5.21. The third-order valence-electron chi connectivity index (χ3n) is 7.42. The summed E-state index contributed by atoms with van der Waals surface area (Å²) >= 11 is 0. The third kappa shape index (κ3) is 4.66. The SMILES string of the molecule is CN1CCN(CCn2cc(-c3cc(N(C)Cc4ccccc4)n4ncc(C=O)c4n3)c3cccnc32)CC1. The standard InChI is InChI=1S/C29H32N8O/c1-33-11-13-35(14-12-33)15-16-36-20-25(24-9-6-10-30-29(24)36)26-17-27(34(2)19-22-7-4-3-5-8-22)37-28(32-26)23(21-38)18-31-37/h3-10,17-18,20-21H,11-16,19H2,1-2H3. The minimum absolute atomic E-state index is 0.471. The average Bonchev–Trinajstić information content (AvgIpc) is 3.54. The number of aldehydes is 1. The van der Waals surface area contributed by atoms with Gasteiger partial charge in [-0.15, -0.1) is 0 Å². The number of hydrogen-bond acceptors (Lipinski definition) is 7. The van der Waals surface area contributed by atoms with Gasteiger partial charge in [-0.3, -0.25) is 9.69 Å². The summed E-state index contributed by atoms with van der Waals surface area (Å²) in [6, 6.07) is 16.4. The van der Waals surface area contributed by atoms with E-state index in [1.165, 1.54) is 5.56 Å². The molecule has 1 fully saturated rings. The Morgan fingerprint density at radius 1 is 1.00 bits per heavy atom. The molecule has 1 aliphatic heterocycles. The van der Waals surface area contributed by atoms with E-state index in [1.54, 1.807) is 10.7 Å². The first-order valence-electron chi connectivity index (χ1n) is 13.0. The van der Waals surface area contributed by atoms with E-state index in [0.29, 0.717) is 17.8 Å². The Labute approximate surface area is 221 Å². The number of carbonyl (C=O) groups excluding carboxylic acids is 1. The second-order valence-electron chi connectivity index (χ2n) is 10.1. The maximum atomic E-state index is 11.8. The van der Waals surface area contributed by atoms with Crippen LogP contribution in [0.25, 0.3) is 27.9 Å². The monoisotopic (exact) mass is 508 g/mol. The summed E-state index contributed by atoms with van der Waals surface area (Å²) in [5, 5.41) is 5.54. The number of anilines is 1. The Kier molecular flexibility index (Phi) is 6.61. The van der Waals surface area contributed by atoms with Crippen molar-refractivity contribution in [1.82, 2.24) is 33.9 Å². The van der Waals surface area contributed by atoms with Crippen molar-refractivity contribution < 1.29 is 4.79 Å². The van der Waals surface area contributed by atoms with Gasteiger partial charge in [0.05, 0.1) is 17.5 Å². The minimum Gasteiger partial charge on any atom is -0.355 e. The zero-order valence-corrected chi connectivity index (χ0v) is 21.9. The second-order valence-corrected chi connectivity index (χ2v) is 10.1.